The van der Waals surface area contributed by atoms with E-state index in [2.05, 4.69) is 12.2 Å². The van der Waals surface area contributed by atoms with E-state index in [9.17, 15) is 4.79 Å². The van der Waals surface area contributed by atoms with Gasteiger partial charge in [0, 0.05) is 12.6 Å². The van der Waals surface area contributed by atoms with E-state index in [1.807, 2.05) is 6.92 Å². The third kappa shape index (κ3) is 4.74. The van der Waals surface area contributed by atoms with Gasteiger partial charge in [-0.3, -0.25) is 4.79 Å². The number of carbonyl (C=O) groups excluding carboxylic acids is 1. The van der Waals surface area contributed by atoms with Crippen molar-refractivity contribution in [3.05, 3.63) is 0 Å². The molecule has 4 nitrogen and oxygen atoms in total. The molecule has 0 aromatic carbocycles. The van der Waals surface area contributed by atoms with Gasteiger partial charge in [-0.05, 0) is 43.9 Å². The lowest BCUT2D eigenvalue weighted by Crippen LogP contribution is -2.44. The third-order valence-corrected chi connectivity index (χ3v) is 4.65. The summed E-state index contributed by atoms with van der Waals surface area (Å²) >= 11 is 0. The summed E-state index contributed by atoms with van der Waals surface area (Å²) in [7, 11) is 0. The Bertz CT molecular complexity index is 318. The van der Waals surface area contributed by atoms with Crippen molar-refractivity contribution in [2.45, 2.75) is 77.0 Å². The van der Waals surface area contributed by atoms with Crippen molar-refractivity contribution in [2.24, 2.45) is 17.6 Å². The van der Waals surface area contributed by atoms with Crippen molar-refractivity contribution in [3.63, 3.8) is 0 Å². The molecule has 20 heavy (non-hydrogen) atoms. The first-order chi connectivity index (χ1) is 9.60. The van der Waals surface area contributed by atoms with Crippen LogP contribution >= 0.6 is 0 Å². The highest BCUT2D eigenvalue weighted by Crippen LogP contribution is 2.31. The van der Waals surface area contributed by atoms with E-state index in [4.69, 9.17) is 10.5 Å². The molecule has 0 saturated heterocycles. The van der Waals surface area contributed by atoms with Crippen molar-refractivity contribution < 1.29 is 9.53 Å². The number of hydrogen-bond donors (Lipinski definition) is 2. The highest BCUT2D eigenvalue weighted by molar-refractivity contribution is 5.80. The highest BCUT2D eigenvalue weighted by atomic mass is 16.5. The number of nitrogens with two attached hydrogens (primary N) is 1. The molecule has 0 radical (unpaired) electrons. The van der Waals surface area contributed by atoms with Crippen LogP contribution in [-0.4, -0.2) is 30.7 Å². The summed E-state index contributed by atoms with van der Waals surface area (Å²) in [6.45, 7) is 4.87. The summed E-state index contributed by atoms with van der Waals surface area (Å²) in [6, 6.07) is 0.117. The van der Waals surface area contributed by atoms with Crippen LogP contribution in [0.25, 0.3) is 0 Å². The van der Waals surface area contributed by atoms with Crippen molar-refractivity contribution in [1.29, 1.82) is 0 Å². The van der Waals surface area contributed by atoms with Gasteiger partial charge >= 0.3 is 0 Å². The monoisotopic (exact) mass is 282 g/mol. The number of amides is 1. The second-order valence-electron chi connectivity index (χ2n) is 6.67. The van der Waals surface area contributed by atoms with Gasteiger partial charge in [0.15, 0.2) is 0 Å². The van der Waals surface area contributed by atoms with Crippen LogP contribution in [0.15, 0.2) is 0 Å². The molecule has 1 amide bonds. The van der Waals surface area contributed by atoms with Crippen molar-refractivity contribution in [2.75, 3.05) is 6.54 Å². The molecule has 3 N–H and O–H groups in total. The fourth-order valence-electron chi connectivity index (χ4n) is 3.10. The zero-order valence-electron chi connectivity index (χ0n) is 12.9. The molecule has 0 spiro atoms. The molecule has 2 aliphatic carbocycles. The van der Waals surface area contributed by atoms with Crippen LogP contribution in [0.5, 0.6) is 0 Å². The first kappa shape index (κ1) is 15.8. The van der Waals surface area contributed by atoms with Gasteiger partial charge in [0.05, 0.1) is 6.10 Å². The van der Waals surface area contributed by atoms with Crippen molar-refractivity contribution in [3.8, 4) is 0 Å². The molecular formula is C16H30N2O2. The second kappa shape index (κ2) is 7.41. The largest absolute Gasteiger partial charge is 0.365 e. The number of rotatable bonds is 7. The fraction of sp³-hybridized carbons (Fsp3) is 0.938. The van der Waals surface area contributed by atoms with Crippen LogP contribution in [0.3, 0.4) is 0 Å². The molecule has 0 aromatic rings. The van der Waals surface area contributed by atoms with Gasteiger partial charge in [-0.15, -0.1) is 0 Å². The molecule has 2 aliphatic rings. The Kier molecular flexibility index (Phi) is 5.85. The Morgan fingerprint density at radius 2 is 2.10 bits per heavy atom. The van der Waals surface area contributed by atoms with E-state index in [0.29, 0.717) is 12.5 Å². The standard InChI is InChI=1S/C16H30N2O2/c1-3-15(20-13-6-4-5-11(2)9-13)16(19)18-10-14(17)12-7-8-12/h11-15H,3-10,17H2,1-2H3,(H,18,19). The summed E-state index contributed by atoms with van der Waals surface area (Å²) in [5.41, 5.74) is 6.02. The second-order valence-corrected chi connectivity index (χ2v) is 6.67. The minimum absolute atomic E-state index is 0.0156. The molecule has 2 saturated carbocycles. The smallest absolute Gasteiger partial charge is 0.249 e. The van der Waals surface area contributed by atoms with Gasteiger partial charge in [0.2, 0.25) is 5.91 Å². The molecule has 0 heterocycles. The maximum atomic E-state index is 12.2. The lowest BCUT2D eigenvalue weighted by molar-refractivity contribution is -0.139. The number of hydrogen-bond acceptors (Lipinski definition) is 3. The average Bonchev–Trinajstić information content (AvgIpc) is 3.26. The van der Waals surface area contributed by atoms with Gasteiger partial charge in [-0.1, -0.05) is 26.7 Å². The van der Waals surface area contributed by atoms with Gasteiger partial charge in [-0.25, -0.2) is 0 Å². The molecule has 4 atom stereocenters. The Balaban J connectivity index is 1.73. The topological polar surface area (TPSA) is 64.3 Å². The normalized spacial score (nSPS) is 29.8. The zero-order valence-corrected chi connectivity index (χ0v) is 12.9. The van der Waals surface area contributed by atoms with E-state index >= 15 is 0 Å². The van der Waals surface area contributed by atoms with Crippen LogP contribution in [0.2, 0.25) is 0 Å². The zero-order chi connectivity index (χ0) is 14.5. The predicted octanol–water partition coefficient (Wildman–Crippen LogP) is 2.21. The molecular weight excluding hydrogens is 252 g/mol. The number of nitrogens with one attached hydrogen (secondary N) is 1. The summed E-state index contributed by atoms with van der Waals surface area (Å²) in [5.74, 6) is 1.36. The molecule has 0 bridgehead atoms. The maximum absolute atomic E-state index is 12.2. The molecule has 0 aliphatic heterocycles. The maximum Gasteiger partial charge on any atom is 0.249 e. The molecule has 4 heteroatoms. The third-order valence-electron chi connectivity index (χ3n) is 4.65. The predicted molar refractivity (Wildman–Crippen MR) is 80.3 cm³/mol. The Hall–Kier alpha value is -0.610. The van der Waals surface area contributed by atoms with Crippen LogP contribution in [0, 0.1) is 11.8 Å². The fourth-order valence-corrected chi connectivity index (χ4v) is 3.10. The van der Waals surface area contributed by atoms with Gasteiger partial charge in [-0.2, -0.15) is 0 Å². The van der Waals surface area contributed by atoms with Crippen LogP contribution in [0.1, 0.15) is 58.8 Å². The summed E-state index contributed by atoms with van der Waals surface area (Å²) in [5, 5.41) is 2.97. The number of carbonyl (C=O) groups is 1. The Morgan fingerprint density at radius 1 is 1.35 bits per heavy atom. The summed E-state index contributed by atoms with van der Waals surface area (Å²) in [6.07, 6.45) is 7.80. The SMILES string of the molecule is CCC(OC1CCCC(C)C1)C(=O)NCC(N)C1CC1. The molecule has 116 valence electrons. The van der Waals surface area contributed by atoms with E-state index in [1.54, 1.807) is 0 Å². The Labute approximate surface area is 122 Å². The quantitative estimate of drug-likeness (QED) is 0.752. The van der Waals surface area contributed by atoms with Crippen molar-refractivity contribution >= 4 is 5.91 Å². The van der Waals surface area contributed by atoms with Crippen LogP contribution in [-0.2, 0) is 9.53 Å². The summed E-state index contributed by atoms with van der Waals surface area (Å²) in [4.78, 5) is 12.2. The lowest BCUT2D eigenvalue weighted by Gasteiger charge is -2.30. The van der Waals surface area contributed by atoms with Crippen LogP contribution in [0.4, 0.5) is 0 Å². The van der Waals surface area contributed by atoms with Gasteiger partial charge < -0.3 is 15.8 Å². The van der Waals surface area contributed by atoms with E-state index in [-0.39, 0.29) is 24.2 Å². The molecule has 0 aromatic heterocycles. The lowest BCUT2D eigenvalue weighted by atomic mass is 9.88. The van der Waals surface area contributed by atoms with Gasteiger partial charge in [0.1, 0.15) is 6.10 Å². The van der Waals surface area contributed by atoms with E-state index in [0.717, 1.165) is 25.2 Å². The minimum Gasteiger partial charge on any atom is -0.365 e. The number of ether oxygens (including phenoxy) is 1. The minimum atomic E-state index is -0.309. The first-order valence-corrected chi connectivity index (χ1v) is 8.28. The first-order valence-electron chi connectivity index (χ1n) is 8.28. The van der Waals surface area contributed by atoms with Crippen molar-refractivity contribution in [1.82, 2.24) is 5.32 Å². The van der Waals surface area contributed by atoms with Gasteiger partial charge in [0.25, 0.3) is 0 Å². The average molecular weight is 282 g/mol. The molecule has 2 fully saturated rings. The molecule has 2 rings (SSSR count). The Morgan fingerprint density at radius 3 is 2.70 bits per heavy atom. The highest BCUT2D eigenvalue weighted by Gasteiger charge is 2.30. The summed E-state index contributed by atoms with van der Waals surface area (Å²) < 4.78 is 6.03. The van der Waals surface area contributed by atoms with E-state index < -0.39 is 0 Å². The van der Waals surface area contributed by atoms with E-state index in [1.165, 1.54) is 25.7 Å². The molecule has 4 unspecified atom stereocenters. The van der Waals surface area contributed by atoms with Crippen LogP contribution < -0.4 is 11.1 Å².